The van der Waals surface area contributed by atoms with Gasteiger partial charge in [0, 0.05) is 0 Å². The maximum absolute atomic E-state index is 11.4. The first-order valence-electron chi connectivity index (χ1n) is 7.19. The molecule has 0 aliphatic carbocycles. The van der Waals surface area contributed by atoms with E-state index in [1.807, 2.05) is 6.92 Å². The van der Waals surface area contributed by atoms with Crippen LogP contribution in [-0.4, -0.2) is 37.6 Å². The van der Waals surface area contributed by atoms with Gasteiger partial charge in [0.2, 0.25) is 0 Å². The molecular formula is C15H21NO5. The van der Waals surface area contributed by atoms with Crippen molar-refractivity contribution in [2.24, 2.45) is 0 Å². The number of fused-ring (bicyclic) bond motifs is 1. The third-order valence-corrected chi connectivity index (χ3v) is 3.12. The molecule has 1 amide bonds. The standard InChI is InChI=1S/C15H21NO5/c1-2-3-6-21-15(18)16-10-12(17)11-4-5-13-14(9-11)20-8-7-19-13/h4-5,9,12,17H,2-3,6-8,10H2,1H3,(H,16,18). The lowest BCUT2D eigenvalue weighted by atomic mass is 10.1. The Balaban J connectivity index is 1.83. The minimum atomic E-state index is -0.820. The summed E-state index contributed by atoms with van der Waals surface area (Å²) in [5.74, 6) is 1.28. The summed E-state index contributed by atoms with van der Waals surface area (Å²) in [4.78, 5) is 11.4. The molecular weight excluding hydrogens is 274 g/mol. The second-order valence-electron chi connectivity index (χ2n) is 4.79. The molecule has 1 aromatic carbocycles. The molecule has 0 saturated carbocycles. The Kier molecular flexibility index (Phi) is 5.68. The molecule has 1 aliphatic rings. The molecule has 0 spiro atoms. The SMILES string of the molecule is CCCCOC(=O)NCC(O)c1ccc2c(c1)OCCO2. The summed E-state index contributed by atoms with van der Waals surface area (Å²) in [5, 5.41) is 12.6. The van der Waals surface area contributed by atoms with Gasteiger partial charge >= 0.3 is 6.09 Å². The van der Waals surface area contributed by atoms with Crippen LogP contribution in [0.3, 0.4) is 0 Å². The molecule has 6 nitrogen and oxygen atoms in total. The van der Waals surface area contributed by atoms with Crippen molar-refractivity contribution in [2.45, 2.75) is 25.9 Å². The van der Waals surface area contributed by atoms with Crippen LogP contribution in [-0.2, 0) is 4.74 Å². The van der Waals surface area contributed by atoms with Crippen molar-refractivity contribution in [3.05, 3.63) is 23.8 Å². The molecule has 0 saturated heterocycles. The van der Waals surface area contributed by atoms with Crippen LogP contribution in [0.15, 0.2) is 18.2 Å². The largest absolute Gasteiger partial charge is 0.486 e. The molecule has 6 heteroatoms. The van der Waals surface area contributed by atoms with E-state index in [9.17, 15) is 9.90 Å². The zero-order valence-corrected chi connectivity index (χ0v) is 12.1. The summed E-state index contributed by atoms with van der Waals surface area (Å²) < 4.78 is 15.8. The number of benzene rings is 1. The summed E-state index contributed by atoms with van der Waals surface area (Å²) in [5.41, 5.74) is 0.660. The molecule has 0 fully saturated rings. The number of rotatable bonds is 6. The third-order valence-electron chi connectivity index (χ3n) is 3.12. The zero-order chi connectivity index (χ0) is 15.1. The number of hydrogen-bond donors (Lipinski definition) is 2. The van der Waals surface area contributed by atoms with Crippen molar-refractivity contribution in [3.8, 4) is 11.5 Å². The predicted octanol–water partition coefficient (Wildman–Crippen LogP) is 2.02. The van der Waals surface area contributed by atoms with E-state index in [0.29, 0.717) is 36.9 Å². The van der Waals surface area contributed by atoms with E-state index < -0.39 is 12.2 Å². The first kappa shape index (κ1) is 15.4. The number of unbranched alkanes of at least 4 members (excludes halogenated alkanes) is 1. The summed E-state index contributed by atoms with van der Waals surface area (Å²) in [6, 6.07) is 5.23. The van der Waals surface area contributed by atoms with Crippen molar-refractivity contribution in [1.29, 1.82) is 0 Å². The highest BCUT2D eigenvalue weighted by Crippen LogP contribution is 2.32. The summed E-state index contributed by atoms with van der Waals surface area (Å²) in [6.45, 7) is 3.52. The molecule has 1 heterocycles. The highest BCUT2D eigenvalue weighted by Gasteiger charge is 2.16. The molecule has 2 rings (SSSR count). The fraction of sp³-hybridized carbons (Fsp3) is 0.533. The summed E-state index contributed by atoms with van der Waals surface area (Å²) in [6.07, 6.45) is 0.463. The summed E-state index contributed by atoms with van der Waals surface area (Å²) in [7, 11) is 0. The molecule has 0 radical (unpaired) electrons. The van der Waals surface area contributed by atoms with Gasteiger partial charge in [-0.15, -0.1) is 0 Å². The molecule has 21 heavy (non-hydrogen) atoms. The van der Waals surface area contributed by atoms with Crippen LogP contribution in [0.1, 0.15) is 31.4 Å². The van der Waals surface area contributed by atoms with Gasteiger partial charge in [0.05, 0.1) is 19.3 Å². The number of aliphatic hydroxyl groups excluding tert-OH is 1. The maximum atomic E-state index is 11.4. The number of carbonyl (C=O) groups excluding carboxylic acids is 1. The van der Waals surface area contributed by atoms with E-state index in [1.165, 1.54) is 0 Å². The number of ether oxygens (including phenoxy) is 3. The van der Waals surface area contributed by atoms with Gasteiger partial charge in [-0.25, -0.2) is 4.79 Å². The maximum Gasteiger partial charge on any atom is 0.407 e. The molecule has 1 unspecified atom stereocenters. The lowest BCUT2D eigenvalue weighted by Crippen LogP contribution is -2.29. The predicted molar refractivity (Wildman–Crippen MR) is 76.7 cm³/mol. The lowest BCUT2D eigenvalue weighted by molar-refractivity contribution is 0.129. The number of alkyl carbamates (subject to hydrolysis) is 1. The number of nitrogens with one attached hydrogen (secondary N) is 1. The quantitative estimate of drug-likeness (QED) is 0.785. The summed E-state index contributed by atoms with van der Waals surface area (Å²) >= 11 is 0. The van der Waals surface area contributed by atoms with Crippen molar-refractivity contribution in [1.82, 2.24) is 5.32 Å². The molecule has 1 aliphatic heterocycles. The van der Waals surface area contributed by atoms with Crippen LogP contribution in [0.5, 0.6) is 11.5 Å². The molecule has 0 bridgehead atoms. The Morgan fingerprint density at radius 3 is 2.90 bits per heavy atom. The van der Waals surface area contributed by atoms with Crippen LogP contribution in [0.25, 0.3) is 0 Å². The minimum Gasteiger partial charge on any atom is -0.486 e. The Morgan fingerprint density at radius 1 is 1.38 bits per heavy atom. The van der Waals surface area contributed by atoms with Crippen molar-refractivity contribution < 1.29 is 24.1 Å². The second-order valence-corrected chi connectivity index (χ2v) is 4.79. The van der Waals surface area contributed by atoms with Crippen molar-refractivity contribution in [3.63, 3.8) is 0 Å². The van der Waals surface area contributed by atoms with E-state index in [2.05, 4.69) is 5.32 Å². The normalized spacial score (nSPS) is 14.4. The van der Waals surface area contributed by atoms with Gasteiger partial charge < -0.3 is 24.6 Å². The van der Waals surface area contributed by atoms with Gasteiger partial charge in [0.25, 0.3) is 0 Å². The Morgan fingerprint density at radius 2 is 2.14 bits per heavy atom. The number of hydrogen-bond acceptors (Lipinski definition) is 5. The Labute approximate surface area is 124 Å². The van der Waals surface area contributed by atoms with Gasteiger partial charge in [0.1, 0.15) is 13.2 Å². The molecule has 1 aromatic rings. The van der Waals surface area contributed by atoms with E-state index in [4.69, 9.17) is 14.2 Å². The highest BCUT2D eigenvalue weighted by molar-refractivity contribution is 5.67. The van der Waals surface area contributed by atoms with Gasteiger partial charge in [-0.1, -0.05) is 19.4 Å². The third kappa shape index (κ3) is 4.53. The molecule has 2 N–H and O–H groups in total. The first-order valence-corrected chi connectivity index (χ1v) is 7.19. The molecule has 0 aromatic heterocycles. The smallest absolute Gasteiger partial charge is 0.407 e. The Bertz CT molecular complexity index is 477. The van der Waals surface area contributed by atoms with Gasteiger partial charge in [-0.2, -0.15) is 0 Å². The number of amides is 1. The van der Waals surface area contributed by atoms with E-state index >= 15 is 0 Å². The van der Waals surface area contributed by atoms with E-state index in [1.54, 1.807) is 18.2 Å². The van der Waals surface area contributed by atoms with Gasteiger partial charge in [-0.3, -0.25) is 0 Å². The fourth-order valence-electron chi connectivity index (χ4n) is 1.93. The van der Waals surface area contributed by atoms with E-state index in [-0.39, 0.29) is 6.54 Å². The van der Waals surface area contributed by atoms with Gasteiger partial charge in [-0.05, 0) is 24.1 Å². The molecule has 1 atom stereocenters. The lowest BCUT2D eigenvalue weighted by Gasteiger charge is -2.20. The average Bonchev–Trinajstić information content (AvgIpc) is 2.52. The van der Waals surface area contributed by atoms with Crippen LogP contribution in [0.2, 0.25) is 0 Å². The van der Waals surface area contributed by atoms with Crippen LogP contribution in [0, 0.1) is 0 Å². The van der Waals surface area contributed by atoms with Gasteiger partial charge in [0.15, 0.2) is 11.5 Å². The minimum absolute atomic E-state index is 0.0879. The van der Waals surface area contributed by atoms with Crippen molar-refractivity contribution in [2.75, 3.05) is 26.4 Å². The fourth-order valence-corrected chi connectivity index (χ4v) is 1.93. The topological polar surface area (TPSA) is 77.0 Å². The van der Waals surface area contributed by atoms with Crippen molar-refractivity contribution >= 4 is 6.09 Å². The number of aliphatic hydroxyl groups is 1. The zero-order valence-electron chi connectivity index (χ0n) is 12.1. The van der Waals surface area contributed by atoms with Crippen LogP contribution in [0.4, 0.5) is 4.79 Å². The molecule has 116 valence electrons. The highest BCUT2D eigenvalue weighted by atomic mass is 16.6. The Hall–Kier alpha value is -1.95. The first-order chi connectivity index (χ1) is 10.2. The average molecular weight is 295 g/mol. The second kappa shape index (κ2) is 7.73. The number of carbonyl (C=O) groups is 1. The van der Waals surface area contributed by atoms with Crippen LogP contribution < -0.4 is 14.8 Å². The van der Waals surface area contributed by atoms with E-state index in [0.717, 1.165) is 12.8 Å². The monoisotopic (exact) mass is 295 g/mol. The van der Waals surface area contributed by atoms with Crippen LogP contribution >= 0.6 is 0 Å².